The van der Waals surface area contributed by atoms with Crippen LogP contribution in [0.1, 0.15) is 5.56 Å². The topological polar surface area (TPSA) is 108 Å². The molecule has 13 heavy (non-hydrogen) atoms. The molecule has 5 nitrogen and oxygen atoms in total. The molecule has 0 spiro atoms. The first kappa shape index (κ1) is 9.31. The predicted molar refractivity (Wildman–Crippen MR) is 52.6 cm³/mol. The maximum Gasteiger partial charge on any atom is 0.167 e. The SMILES string of the molecule is COc1c(C)c(N)c(N)c(O)c1N. The lowest BCUT2D eigenvalue weighted by Gasteiger charge is -2.14. The summed E-state index contributed by atoms with van der Waals surface area (Å²) in [5, 5.41) is 9.41. The molecule has 0 fully saturated rings. The minimum atomic E-state index is -0.222. The van der Waals surface area contributed by atoms with E-state index in [1.165, 1.54) is 7.11 Å². The second-order valence-corrected chi connectivity index (χ2v) is 2.75. The van der Waals surface area contributed by atoms with Crippen LogP contribution in [0.5, 0.6) is 11.5 Å². The van der Waals surface area contributed by atoms with Crippen molar-refractivity contribution in [2.75, 3.05) is 24.3 Å². The van der Waals surface area contributed by atoms with Crippen LogP contribution in [-0.2, 0) is 0 Å². The summed E-state index contributed by atoms with van der Waals surface area (Å²) in [4.78, 5) is 0. The van der Waals surface area contributed by atoms with Crippen LogP contribution in [0.2, 0.25) is 0 Å². The molecule has 0 saturated carbocycles. The van der Waals surface area contributed by atoms with Gasteiger partial charge in [0.1, 0.15) is 5.69 Å². The van der Waals surface area contributed by atoms with Gasteiger partial charge in [-0.25, -0.2) is 0 Å². The van der Waals surface area contributed by atoms with Crippen LogP contribution in [0, 0.1) is 6.92 Å². The quantitative estimate of drug-likeness (QED) is 0.373. The Morgan fingerprint density at radius 3 is 2.08 bits per heavy atom. The highest BCUT2D eigenvalue weighted by molar-refractivity contribution is 5.86. The summed E-state index contributed by atoms with van der Waals surface area (Å²) < 4.78 is 4.97. The summed E-state index contributed by atoms with van der Waals surface area (Å²) in [7, 11) is 1.45. The summed E-state index contributed by atoms with van der Waals surface area (Å²) in [5.74, 6) is 0.143. The summed E-state index contributed by atoms with van der Waals surface area (Å²) in [6.45, 7) is 1.72. The van der Waals surface area contributed by atoms with Gasteiger partial charge < -0.3 is 27.0 Å². The average Bonchev–Trinajstić information content (AvgIpc) is 2.13. The molecule has 7 N–H and O–H groups in total. The number of nitrogens with two attached hydrogens (primary N) is 3. The van der Waals surface area contributed by atoms with E-state index in [1.54, 1.807) is 6.92 Å². The number of hydrogen-bond donors (Lipinski definition) is 4. The van der Waals surface area contributed by atoms with E-state index >= 15 is 0 Å². The number of methoxy groups -OCH3 is 1. The smallest absolute Gasteiger partial charge is 0.167 e. The zero-order valence-electron chi connectivity index (χ0n) is 7.59. The fraction of sp³-hybridized carbons (Fsp3) is 0.250. The van der Waals surface area contributed by atoms with Crippen molar-refractivity contribution in [3.8, 4) is 11.5 Å². The number of anilines is 3. The monoisotopic (exact) mass is 183 g/mol. The van der Waals surface area contributed by atoms with Crippen LogP contribution in [0.3, 0.4) is 0 Å². The van der Waals surface area contributed by atoms with E-state index in [9.17, 15) is 5.11 Å². The van der Waals surface area contributed by atoms with Crippen LogP contribution >= 0.6 is 0 Å². The zero-order chi connectivity index (χ0) is 10.2. The number of benzene rings is 1. The molecule has 0 aliphatic rings. The molecular formula is C8H13N3O2. The van der Waals surface area contributed by atoms with Gasteiger partial charge in [-0.1, -0.05) is 0 Å². The third kappa shape index (κ3) is 1.18. The number of nitrogen functional groups attached to an aromatic ring is 3. The molecule has 0 amide bonds. The van der Waals surface area contributed by atoms with Crippen molar-refractivity contribution >= 4 is 17.1 Å². The molecule has 0 bridgehead atoms. The Hall–Kier alpha value is -1.78. The van der Waals surface area contributed by atoms with E-state index in [0.29, 0.717) is 17.0 Å². The number of hydrogen-bond acceptors (Lipinski definition) is 5. The van der Waals surface area contributed by atoms with E-state index in [4.69, 9.17) is 21.9 Å². The summed E-state index contributed by atoms with van der Waals surface area (Å²) in [5.41, 5.74) is 17.8. The van der Waals surface area contributed by atoms with Crippen molar-refractivity contribution < 1.29 is 9.84 Å². The van der Waals surface area contributed by atoms with E-state index in [0.717, 1.165) is 0 Å². The van der Waals surface area contributed by atoms with Crippen molar-refractivity contribution in [1.82, 2.24) is 0 Å². The zero-order valence-corrected chi connectivity index (χ0v) is 7.59. The van der Waals surface area contributed by atoms with E-state index < -0.39 is 0 Å². The van der Waals surface area contributed by atoms with Gasteiger partial charge in [-0.05, 0) is 6.92 Å². The predicted octanol–water partition coefficient (Wildman–Crippen LogP) is 0.456. The van der Waals surface area contributed by atoms with Crippen molar-refractivity contribution in [1.29, 1.82) is 0 Å². The Morgan fingerprint density at radius 2 is 1.62 bits per heavy atom. The highest BCUT2D eigenvalue weighted by atomic mass is 16.5. The van der Waals surface area contributed by atoms with Crippen molar-refractivity contribution in [3.05, 3.63) is 5.56 Å². The van der Waals surface area contributed by atoms with Gasteiger partial charge in [0.25, 0.3) is 0 Å². The molecule has 1 aromatic carbocycles. The number of phenolic OH excluding ortho intramolecular Hbond substituents is 1. The molecule has 1 rings (SSSR count). The van der Waals surface area contributed by atoms with Gasteiger partial charge in [0.15, 0.2) is 11.5 Å². The van der Waals surface area contributed by atoms with E-state index in [1.807, 2.05) is 0 Å². The fourth-order valence-corrected chi connectivity index (χ4v) is 1.17. The van der Waals surface area contributed by atoms with Crippen LogP contribution in [0.25, 0.3) is 0 Å². The largest absolute Gasteiger partial charge is 0.504 e. The molecule has 0 aromatic heterocycles. The molecule has 0 aliphatic carbocycles. The fourth-order valence-electron chi connectivity index (χ4n) is 1.17. The maximum atomic E-state index is 9.41. The second-order valence-electron chi connectivity index (χ2n) is 2.75. The van der Waals surface area contributed by atoms with Gasteiger partial charge >= 0.3 is 0 Å². The summed E-state index contributed by atoms with van der Waals surface area (Å²) in [6.07, 6.45) is 0. The average molecular weight is 183 g/mol. The highest BCUT2D eigenvalue weighted by Gasteiger charge is 2.16. The molecule has 0 radical (unpaired) electrons. The van der Waals surface area contributed by atoms with Crippen molar-refractivity contribution in [3.63, 3.8) is 0 Å². The first-order valence-electron chi connectivity index (χ1n) is 3.70. The molecule has 0 unspecified atom stereocenters. The molecule has 0 aliphatic heterocycles. The Balaban J connectivity index is 3.56. The minimum absolute atomic E-state index is 0.0933. The van der Waals surface area contributed by atoms with Gasteiger partial charge in [0.05, 0.1) is 18.5 Å². The first-order valence-corrected chi connectivity index (χ1v) is 3.70. The van der Waals surface area contributed by atoms with Crippen LogP contribution in [0.15, 0.2) is 0 Å². The molecule has 1 aromatic rings. The first-order chi connectivity index (χ1) is 6.00. The number of phenols is 1. The van der Waals surface area contributed by atoms with Gasteiger partial charge in [-0.2, -0.15) is 0 Å². The molecular weight excluding hydrogens is 170 g/mol. The lowest BCUT2D eigenvalue weighted by atomic mass is 10.1. The standard InChI is InChI=1S/C8H13N3O2/c1-3-4(9)5(10)7(12)6(11)8(3)13-2/h12H,9-11H2,1-2H3. The molecule has 0 heterocycles. The number of aromatic hydroxyl groups is 1. The third-order valence-corrected chi connectivity index (χ3v) is 1.99. The molecule has 0 atom stereocenters. The second kappa shape index (κ2) is 2.93. The van der Waals surface area contributed by atoms with E-state index in [2.05, 4.69) is 0 Å². The normalized spacial score (nSPS) is 10.0. The number of rotatable bonds is 1. The Labute approximate surface area is 76.1 Å². The van der Waals surface area contributed by atoms with E-state index in [-0.39, 0.29) is 17.1 Å². The van der Waals surface area contributed by atoms with Crippen molar-refractivity contribution in [2.24, 2.45) is 0 Å². The summed E-state index contributed by atoms with van der Waals surface area (Å²) >= 11 is 0. The van der Waals surface area contributed by atoms with Gasteiger partial charge in [0, 0.05) is 5.56 Å². The Morgan fingerprint density at radius 1 is 1.08 bits per heavy atom. The van der Waals surface area contributed by atoms with Gasteiger partial charge in [-0.15, -0.1) is 0 Å². The highest BCUT2D eigenvalue weighted by Crippen LogP contribution is 2.43. The van der Waals surface area contributed by atoms with Crippen molar-refractivity contribution in [2.45, 2.75) is 6.92 Å². The van der Waals surface area contributed by atoms with Crippen LogP contribution in [0.4, 0.5) is 17.1 Å². The Kier molecular flexibility index (Phi) is 2.10. The third-order valence-electron chi connectivity index (χ3n) is 1.99. The molecule has 0 saturated heterocycles. The molecule has 5 heteroatoms. The number of ether oxygens (including phenoxy) is 1. The lowest BCUT2D eigenvalue weighted by Crippen LogP contribution is -2.04. The maximum absolute atomic E-state index is 9.41. The van der Waals surface area contributed by atoms with Crippen LogP contribution < -0.4 is 21.9 Å². The van der Waals surface area contributed by atoms with Gasteiger partial charge in [-0.3, -0.25) is 0 Å². The van der Waals surface area contributed by atoms with Gasteiger partial charge in [0.2, 0.25) is 0 Å². The minimum Gasteiger partial charge on any atom is -0.504 e. The Bertz CT molecular complexity index is 321. The lowest BCUT2D eigenvalue weighted by molar-refractivity contribution is 0.409. The van der Waals surface area contributed by atoms with Crippen LogP contribution in [-0.4, -0.2) is 12.2 Å². The summed E-state index contributed by atoms with van der Waals surface area (Å²) in [6, 6.07) is 0. The molecule has 72 valence electrons.